The fourth-order valence-electron chi connectivity index (χ4n) is 4.72. The van der Waals surface area contributed by atoms with Gasteiger partial charge in [-0.1, -0.05) is 32.1 Å². The number of hydrogen-bond donors (Lipinski definition) is 0. The zero-order valence-electron chi connectivity index (χ0n) is 23.8. The first-order valence-electron chi connectivity index (χ1n) is 13.4. The summed E-state index contributed by atoms with van der Waals surface area (Å²) in [5.74, 6) is 1.48. The van der Waals surface area contributed by atoms with Crippen LogP contribution < -0.4 is 14.4 Å². The molecule has 0 spiro atoms. The molecule has 1 aliphatic heterocycles. The zero-order valence-corrected chi connectivity index (χ0v) is 26.2. The van der Waals surface area contributed by atoms with E-state index in [0.717, 1.165) is 30.6 Å². The minimum atomic E-state index is -3.59. The summed E-state index contributed by atoms with van der Waals surface area (Å²) in [5.41, 5.74) is 1.13. The molecule has 0 saturated carbocycles. The molecule has 0 N–H and O–H groups in total. The first kappa shape index (κ1) is 32.1. The van der Waals surface area contributed by atoms with Crippen LogP contribution in [-0.4, -0.2) is 82.0 Å². The van der Waals surface area contributed by atoms with Gasteiger partial charge in [-0.25, -0.2) is 13.4 Å². The van der Waals surface area contributed by atoms with Gasteiger partial charge < -0.3 is 14.4 Å². The van der Waals surface area contributed by atoms with E-state index in [1.54, 1.807) is 35.6 Å². The van der Waals surface area contributed by atoms with E-state index in [4.69, 9.17) is 14.5 Å². The summed E-state index contributed by atoms with van der Waals surface area (Å²) >= 11 is 1.41. The third-order valence-corrected chi connectivity index (χ3v) is 10.3. The number of piperidine rings is 1. The van der Waals surface area contributed by atoms with Crippen molar-refractivity contribution in [3.63, 3.8) is 0 Å². The van der Waals surface area contributed by atoms with E-state index >= 15 is 0 Å². The molecule has 4 rings (SSSR count). The fourth-order valence-corrected chi connectivity index (χ4v) is 7.19. The number of rotatable bonds is 11. The number of benzene rings is 2. The largest absolute Gasteiger partial charge is 0.493 e. The number of hydrogen-bond acceptors (Lipinski definition) is 8. The lowest BCUT2D eigenvalue weighted by atomic mass is 10.0. The van der Waals surface area contributed by atoms with E-state index in [2.05, 4.69) is 25.7 Å². The van der Waals surface area contributed by atoms with Crippen LogP contribution in [0.1, 0.15) is 44.0 Å². The average Bonchev–Trinajstić information content (AvgIpc) is 3.37. The van der Waals surface area contributed by atoms with Gasteiger partial charge in [0, 0.05) is 43.9 Å². The zero-order chi connectivity index (χ0) is 28.2. The Bertz CT molecular complexity index is 1340. The lowest BCUT2D eigenvalue weighted by molar-refractivity contribution is 0.0983. The molecule has 1 saturated heterocycles. The molecule has 0 unspecified atom stereocenters. The van der Waals surface area contributed by atoms with Crippen molar-refractivity contribution in [2.75, 3.05) is 58.4 Å². The highest BCUT2D eigenvalue weighted by molar-refractivity contribution is 7.89. The van der Waals surface area contributed by atoms with Gasteiger partial charge in [0.2, 0.25) is 10.0 Å². The molecule has 1 aliphatic rings. The lowest BCUT2D eigenvalue weighted by Crippen LogP contribution is -2.39. The van der Waals surface area contributed by atoms with Crippen LogP contribution in [0, 0.1) is 5.92 Å². The Labute approximate surface area is 247 Å². The molecule has 220 valence electrons. The maximum Gasteiger partial charge on any atom is 0.260 e. The van der Waals surface area contributed by atoms with Crippen LogP contribution in [0.3, 0.4) is 0 Å². The van der Waals surface area contributed by atoms with Crippen LogP contribution in [0.5, 0.6) is 11.5 Å². The minimum absolute atomic E-state index is 0. The van der Waals surface area contributed by atoms with Crippen molar-refractivity contribution < 1.29 is 22.7 Å². The molecular weight excluding hydrogens is 572 g/mol. The number of halogens is 1. The van der Waals surface area contributed by atoms with Crippen molar-refractivity contribution in [1.82, 2.24) is 14.2 Å². The topological polar surface area (TPSA) is 92.3 Å². The molecule has 40 heavy (non-hydrogen) atoms. The van der Waals surface area contributed by atoms with E-state index in [-0.39, 0.29) is 23.2 Å². The molecule has 2 heterocycles. The van der Waals surface area contributed by atoms with Gasteiger partial charge in [0.25, 0.3) is 5.91 Å². The van der Waals surface area contributed by atoms with Crippen LogP contribution in [0.15, 0.2) is 41.3 Å². The summed E-state index contributed by atoms with van der Waals surface area (Å²) in [7, 11) is -0.431. The Morgan fingerprint density at radius 1 is 1.02 bits per heavy atom. The predicted molar refractivity (Wildman–Crippen MR) is 163 cm³/mol. The summed E-state index contributed by atoms with van der Waals surface area (Å²) in [6.07, 6.45) is 1.72. The fraction of sp³-hybridized carbons (Fsp3) is 0.500. The molecule has 1 aromatic heterocycles. The van der Waals surface area contributed by atoms with Crippen LogP contribution in [0.2, 0.25) is 0 Å². The highest BCUT2D eigenvalue weighted by Crippen LogP contribution is 2.37. The molecule has 0 atom stereocenters. The average molecular weight is 611 g/mol. The molecule has 0 radical (unpaired) electrons. The number of ether oxygens (including phenoxy) is 2. The number of methoxy groups -OCH3 is 2. The van der Waals surface area contributed by atoms with Crippen LogP contribution in [0.4, 0.5) is 5.13 Å². The second-order valence-corrected chi connectivity index (χ2v) is 12.7. The minimum Gasteiger partial charge on any atom is -0.493 e. The molecule has 1 amide bonds. The second kappa shape index (κ2) is 14.0. The smallest absolute Gasteiger partial charge is 0.260 e. The molecule has 2 aromatic carbocycles. The van der Waals surface area contributed by atoms with Gasteiger partial charge in [-0.2, -0.15) is 4.31 Å². The van der Waals surface area contributed by atoms with Gasteiger partial charge in [-0.15, -0.1) is 12.4 Å². The number of thiazole rings is 1. The maximum absolute atomic E-state index is 13.8. The highest BCUT2D eigenvalue weighted by atomic mass is 35.5. The van der Waals surface area contributed by atoms with Gasteiger partial charge in [0.15, 0.2) is 16.6 Å². The van der Waals surface area contributed by atoms with Gasteiger partial charge in [0.1, 0.15) is 0 Å². The number of likely N-dealkylation sites (N-methyl/N-ethyl adjacent to an activating group) is 1. The monoisotopic (exact) mass is 610 g/mol. The lowest BCUT2D eigenvalue weighted by Gasteiger charge is -2.29. The first-order valence-corrected chi connectivity index (χ1v) is 15.6. The summed E-state index contributed by atoms with van der Waals surface area (Å²) < 4.78 is 39.6. The van der Waals surface area contributed by atoms with Crippen molar-refractivity contribution in [1.29, 1.82) is 0 Å². The van der Waals surface area contributed by atoms with Gasteiger partial charge in [-0.05, 0) is 56.1 Å². The molecule has 9 nitrogen and oxygen atoms in total. The Morgan fingerprint density at radius 2 is 1.62 bits per heavy atom. The summed E-state index contributed by atoms with van der Waals surface area (Å²) in [5, 5.41) is 0.566. The predicted octanol–water partition coefficient (Wildman–Crippen LogP) is 5.14. The van der Waals surface area contributed by atoms with E-state index in [0.29, 0.717) is 59.8 Å². The molecular formula is C28H39ClN4O5S2. The normalized spacial score (nSPS) is 14.8. The third-order valence-electron chi connectivity index (χ3n) is 7.37. The summed E-state index contributed by atoms with van der Waals surface area (Å²) in [6, 6.07) is 9.96. The number of aromatic nitrogens is 1. The summed E-state index contributed by atoms with van der Waals surface area (Å²) in [6.45, 7) is 10.2. The molecule has 12 heteroatoms. The van der Waals surface area contributed by atoms with E-state index in [1.165, 1.54) is 23.5 Å². The summed E-state index contributed by atoms with van der Waals surface area (Å²) in [4.78, 5) is 22.7. The van der Waals surface area contributed by atoms with Crippen LogP contribution >= 0.6 is 23.7 Å². The van der Waals surface area contributed by atoms with Crippen molar-refractivity contribution in [2.45, 2.75) is 38.5 Å². The Balaban J connectivity index is 0.00000441. The maximum atomic E-state index is 13.8. The van der Waals surface area contributed by atoms with E-state index in [1.807, 2.05) is 12.1 Å². The third kappa shape index (κ3) is 6.88. The number of carbonyl (C=O) groups is 1. The van der Waals surface area contributed by atoms with Crippen molar-refractivity contribution in [2.24, 2.45) is 5.92 Å². The molecule has 3 aromatic rings. The molecule has 1 fully saturated rings. The van der Waals surface area contributed by atoms with E-state index < -0.39 is 10.0 Å². The Kier molecular flexibility index (Phi) is 11.2. The first-order chi connectivity index (χ1) is 18.7. The number of anilines is 1. The Morgan fingerprint density at radius 3 is 2.20 bits per heavy atom. The number of amides is 1. The number of carbonyl (C=O) groups excluding carboxylic acids is 1. The second-order valence-electron chi connectivity index (χ2n) is 9.77. The van der Waals surface area contributed by atoms with Gasteiger partial charge in [-0.3, -0.25) is 9.69 Å². The number of fused-ring (bicyclic) bond motifs is 1. The molecule has 0 bridgehead atoms. The molecule has 0 aliphatic carbocycles. The Hall–Kier alpha value is -2.44. The SMILES string of the molecule is CCN(CC)CCN(C(=O)c1ccc(S(=O)(=O)N2CCC(C)CC2)cc1)c1nc2cc(OC)c(OC)cc2s1.Cl. The highest BCUT2D eigenvalue weighted by Gasteiger charge is 2.29. The standard InChI is InChI=1S/C28H38N4O5S2.ClH/c1-6-30(7-2)16-17-32(28-29-23-18-24(36-4)25(37-5)19-26(23)38-28)27(33)21-8-10-22(11-9-21)39(34,35)31-14-12-20(3)13-15-31;/h8-11,18-20H,6-7,12-17H2,1-5H3;1H. The number of sulfonamides is 1. The van der Waals surface area contributed by atoms with Crippen molar-refractivity contribution in [3.8, 4) is 11.5 Å². The van der Waals surface area contributed by atoms with E-state index in [9.17, 15) is 13.2 Å². The number of nitrogens with zero attached hydrogens (tertiary/aromatic N) is 4. The van der Waals surface area contributed by atoms with Gasteiger partial charge >= 0.3 is 0 Å². The van der Waals surface area contributed by atoms with Crippen LogP contribution in [-0.2, 0) is 10.0 Å². The van der Waals surface area contributed by atoms with Crippen LogP contribution in [0.25, 0.3) is 10.2 Å². The van der Waals surface area contributed by atoms with Crippen molar-refractivity contribution in [3.05, 3.63) is 42.0 Å². The van der Waals surface area contributed by atoms with Gasteiger partial charge in [0.05, 0.1) is 29.3 Å². The van der Waals surface area contributed by atoms with Crippen molar-refractivity contribution >= 4 is 55.0 Å². The quantitative estimate of drug-likeness (QED) is 0.297.